The van der Waals surface area contributed by atoms with Gasteiger partial charge in [-0.2, -0.15) is 0 Å². The van der Waals surface area contributed by atoms with E-state index in [9.17, 15) is 16.8 Å². The van der Waals surface area contributed by atoms with Crippen molar-refractivity contribution >= 4 is 42.5 Å². The zero-order valence-electron chi connectivity index (χ0n) is 25.2. The molecule has 44 heavy (non-hydrogen) atoms. The van der Waals surface area contributed by atoms with Gasteiger partial charge in [0.25, 0.3) is 0 Å². The van der Waals surface area contributed by atoms with Crippen LogP contribution in [0.1, 0.15) is 43.7 Å². The zero-order chi connectivity index (χ0) is 31.6. The van der Waals surface area contributed by atoms with E-state index in [1.165, 1.54) is 36.4 Å². The van der Waals surface area contributed by atoms with Crippen molar-refractivity contribution in [3.63, 3.8) is 0 Å². The number of fused-ring (bicyclic) bond motifs is 1. The summed E-state index contributed by atoms with van der Waals surface area (Å²) in [5.74, 6) is -0.624. The van der Waals surface area contributed by atoms with Crippen molar-refractivity contribution in [2.75, 3.05) is 30.4 Å². The molecule has 0 unspecified atom stereocenters. The molecule has 2 aromatic heterocycles. The Bertz CT molecular complexity index is 1880. The molecule has 1 saturated carbocycles. The van der Waals surface area contributed by atoms with Gasteiger partial charge in [-0.3, -0.25) is 4.72 Å². The second kappa shape index (κ2) is 12.7. The molecule has 1 fully saturated rings. The Hall–Kier alpha value is -3.68. The molecule has 4 aromatic rings. The van der Waals surface area contributed by atoms with Crippen molar-refractivity contribution in [2.45, 2.75) is 61.8 Å². The summed E-state index contributed by atoms with van der Waals surface area (Å²) in [5.41, 5.74) is 3.46. The molecule has 10 nitrogen and oxygen atoms in total. The van der Waals surface area contributed by atoms with Gasteiger partial charge in [-0.25, -0.2) is 36.2 Å². The van der Waals surface area contributed by atoms with E-state index in [4.69, 9.17) is 9.97 Å². The number of sulfonamides is 1. The van der Waals surface area contributed by atoms with Crippen LogP contribution in [0, 0.1) is 5.82 Å². The SMILES string of the molecule is CCc1cc(-c2ccc(NS(=O)(=O)Cc3ccc(S(C)(=O)=O)cc3)c(F)c2)nc2cnc(NC3CCC(N(C)C)CC3)nc12. The van der Waals surface area contributed by atoms with Crippen molar-refractivity contribution in [3.8, 4) is 11.3 Å². The summed E-state index contributed by atoms with van der Waals surface area (Å²) in [4.78, 5) is 16.3. The van der Waals surface area contributed by atoms with Crippen molar-refractivity contribution in [3.05, 3.63) is 71.7 Å². The first-order chi connectivity index (χ1) is 20.8. The molecule has 234 valence electrons. The van der Waals surface area contributed by atoms with E-state index in [2.05, 4.69) is 34.0 Å². The van der Waals surface area contributed by atoms with E-state index in [-0.39, 0.29) is 10.6 Å². The first-order valence-electron chi connectivity index (χ1n) is 14.5. The van der Waals surface area contributed by atoms with Crippen LogP contribution in [0.2, 0.25) is 0 Å². The fraction of sp³-hybridized carbons (Fsp3) is 0.387. The van der Waals surface area contributed by atoms with Gasteiger partial charge in [0.05, 0.1) is 33.7 Å². The number of sulfone groups is 1. The number of halogens is 1. The summed E-state index contributed by atoms with van der Waals surface area (Å²) < 4.78 is 66.3. The van der Waals surface area contributed by atoms with Crippen molar-refractivity contribution in [2.24, 2.45) is 0 Å². The molecule has 0 aliphatic heterocycles. The minimum absolute atomic E-state index is 0.0864. The summed E-state index contributed by atoms with van der Waals surface area (Å²) in [5, 5.41) is 3.49. The Morgan fingerprint density at radius 3 is 2.27 bits per heavy atom. The van der Waals surface area contributed by atoms with Gasteiger partial charge in [0.1, 0.15) is 11.3 Å². The van der Waals surface area contributed by atoms with Crippen LogP contribution >= 0.6 is 0 Å². The number of benzene rings is 2. The summed E-state index contributed by atoms with van der Waals surface area (Å²) >= 11 is 0. The molecular weight excluding hydrogens is 604 g/mol. The lowest BCUT2D eigenvalue weighted by Gasteiger charge is -2.32. The van der Waals surface area contributed by atoms with Gasteiger partial charge < -0.3 is 10.2 Å². The molecule has 2 N–H and O–H groups in total. The Labute approximate surface area is 258 Å². The zero-order valence-corrected chi connectivity index (χ0v) is 26.8. The normalized spacial score (nSPS) is 17.6. The Morgan fingerprint density at radius 2 is 1.66 bits per heavy atom. The third-order valence-electron chi connectivity index (χ3n) is 8.01. The van der Waals surface area contributed by atoms with Crippen molar-refractivity contribution < 1.29 is 21.2 Å². The van der Waals surface area contributed by atoms with E-state index in [1.54, 1.807) is 12.3 Å². The van der Waals surface area contributed by atoms with Gasteiger partial charge in [0.15, 0.2) is 9.84 Å². The number of pyridine rings is 1. The highest BCUT2D eigenvalue weighted by Crippen LogP contribution is 2.29. The number of anilines is 2. The van der Waals surface area contributed by atoms with Gasteiger partial charge in [0.2, 0.25) is 16.0 Å². The number of hydrogen-bond donors (Lipinski definition) is 2. The second-order valence-corrected chi connectivity index (χ2v) is 15.3. The minimum Gasteiger partial charge on any atom is -0.351 e. The third kappa shape index (κ3) is 7.51. The Balaban J connectivity index is 1.31. The summed E-state index contributed by atoms with van der Waals surface area (Å²) in [6.07, 6.45) is 7.80. The highest BCUT2D eigenvalue weighted by Gasteiger charge is 2.23. The standard InChI is InChI=1S/C31H37FN6O4S2/c1-5-21-17-28(35-29-18-33-31(36-30(21)29)34-23-9-11-24(12-10-23)38(2)3)22-8-15-27(26(32)16-22)37-44(41,42)19-20-6-13-25(14-7-20)43(4,39)40/h6-8,13-18,23-24,37H,5,9-12,19H2,1-4H3,(H,33,34,36). The molecule has 0 saturated heterocycles. The van der Waals surface area contributed by atoms with Crippen LogP contribution in [0.15, 0.2) is 59.6 Å². The Kier molecular flexibility index (Phi) is 9.19. The maximum absolute atomic E-state index is 15.2. The topological polar surface area (TPSA) is 134 Å². The molecule has 5 rings (SSSR count). The minimum atomic E-state index is -3.98. The second-order valence-electron chi connectivity index (χ2n) is 11.5. The highest BCUT2D eigenvalue weighted by molar-refractivity contribution is 7.92. The number of hydrogen-bond acceptors (Lipinski definition) is 9. The average molecular weight is 641 g/mol. The predicted octanol–water partition coefficient (Wildman–Crippen LogP) is 5.02. The Morgan fingerprint density at radius 1 is 0.955 bits per heavy atom. The highest BCUT2D eigenvalue weighted by atomic mass is 32.2. The largest absolute Gasteiger partial charge is 0.351 e. The molecule has 0 amide bonds. The van der Waals surface area contributed by atoms with Crippen LogP contribution in [0.3, 0.4) is 0 Å². The predicted molar refractivity (Wildman–Crippen MR) is 171 cm³/mol. The molecule has 0 spiro atoms. The van der Waals surface area contributed by atoms with Gasteiger partial charge in [-0.1, -0.05) is 25.1 Å². The smallest absolute Gasteiger partial charge is 0.237 e. The molecule has 0 bridgehead atoms. The first kappa shape index (κ1) is 31.7. The fourth-order valence-corrected chi connectivity index (χ4v) is 7.34. The van der Waals surface area contributed by atoms with E-state index in [0.717, 1.165) is 43.0 Å². The van der Waals surface area contributed by atoms with E-state index in [1.807, 2.05) is 13.0 Å². The molecule has 1 aliphatic rings. The van der Waals surface area contributed by atoms with Crippen molar-refractivity contribution in [1.82, 2.24) is 19.9 Å². The number of nitrogens with zero attached hydrogens (tertiary/aromatic N) is 4. The third-order valence-corrected chi connectivity index (χ3v) is 10.4. The fourth-order valence-electron chi connectivity index (χ4n) is 5.51. The van der Waals surface area contributed by atoms with Crippen molar-refractivity contribution in [1.29, 1.82) is 0 Å². The molecule has 2 heterocycles. The lowest BCUT2D eigenvalue weighted by atomic mass is 9.91. The number of nitrogens with one attached hydrogen (secondary N) is 2. The maximum atomic E-state index is 15.2. The average Bonchev–Trinajstić information content (AvgIpc) is 2.97. The van der Waals surface area contributed by atoms with E-state index < -0.39 is 31.4 Å². The number of rotatable bonds is 10. The number of aryl methyl sites for hydroxylation is 1. The lowest BCUT2D eigenvalue weighted by Crippen LogP contribution is -2.36. The molecule has 2 aromatic carbocycles. The molecular formula is C31H37FN6O4S2. The number of aromatic nitrogens is 3. The van der Waals surface area contributed by atoms with Gasteiger partial charge >= 0.3 is 0 Å². The van der Waals surface area contributed by atoms with Crippen LogP contribution in [-0.4, -0.2) is 69.1 Å². The first-order valence-corrected chi connectivity index (χ1v) is 18.0. The molecule has 1 aliphatic carbocycles. The van der Waals surface area contributed by atoms with Crippen LogP contribution in [0.4, 0.5) is 16.0 Å². The monoisotopic (exact) mass is 640 g/mol. The molecule has 0 atom stereocenters. The van der Waals surface area contributed by atoms with Crippen LogP contribution in [-0.2, 0) is 32.0 Å². The van der Waals surface area contributed by atoms with Gasteiger partial charge in [-0.05, 0) is 87.7 Å². The van der Waals surface area contributed by atoms with Gasteiger partial charge in [0, 0.05) is 23.9 Å². The van der Waals surface area contributed by atoms with Crippen LogP contribution < -0.4 is 10.0 Å². The summed E-state index contributed by atoms with van der Waals surface area (Å²) in [6, 6.07) is 12.5. The molecule has 0 radical (unpaired) electrons. The maximum Gasteiger partial charge on any atom is 0.237 e. The summed E-state index contributed by atoms with van der Waals surface area (Å²) in [7, 11) is -3.14. The van der Waals surface area contributed by atoms with Crippen LogP contribution in [0.25, 0.3) is 22.3 Å². The summed E-state index contributed by atoms with van der Waals surface area (Å²) in [6.45, 7) is 2.02. The lowest BCUT2D eigenvalue weighted by molar-refractivity contribution is 0.221. The molecule has 13 heteroatoms. The quantitative estimate of drug-likeness (QED) is 0.245. The van der Waals surface area contributed by atoms with E-state index >= 15 is 4.39 Å². The van der Waals surface area contributed by atoms with Gasteiger partial charge in [-0.15, -0.1) is 0 Å². The van der Waals surface area contributed by atoms with E-state index in [0.29, 0.717) is 46.8 Å². The van der Waals surface area contributed by atoms with Crippen LogP contribution in [0.5, 0.6) is 0 Å².